The highest BCUT2D eigenvalue weighted by atomic mass is 14.9. The molecule has 1 N–H and O–H groups in total. The summed E-state index contributed by atoms with van der Waals surface area (Å²) in [6.45, 7) is 25.3. The Morgan fingerprint density at radius 1 is 1.23 bits per heavy atom. The number of hydrogen-bond acceptors (Lipinski definition) is 2. The fourth-order valence-electron chi connectivity index (χ4n) is 4.82. The summed E-state index contributed by atoms with van der Waals surface area (Å²) in [5.41, 5.74) is 2.51. The average molecular weight is 411 g/mol. The Kier molecular flexibility index (Phi) is 13.1. The van der Waals surface area contributed by atoms with E-state index in [1.165, 1.54) is 0 Å². The average Bonchev–Trinajstić information content (AvgIpc) is 2.68. The quantitative estimate of drug-likeness (QED) is 0.190. The van der Waals surface area contributed by atoms with Crippen LogP contribution in [0.2, 0.25) is 0 Å². The highest BCUT2D eigenvalue weighted by Crippen LogP contribution is 2.47. The van der Waals surface area contributed by atoms with Crippen LogP contribution in [-0.2, 0) is 0 Å². The molecule has 0 saturated heterocycles. The maximum Gasteiger partial charge on any atom is 0.0347 e. The number of allylic oxidation sites excluding steroid dienone is 6. The molecule has 0 aromatic carbocycles. The molecule has 0 amide bonds. The fraction of sp³-hybridized carbons (Fsp3) is 0.607. The van der Waals surface area contributed by atoms with Crippen molar-refractivity contribution in [2.24, 2.45) is 40.0 Å². The number of aliphatic imine (C=N–C) groups is 1. The largest absolute Gasteiger partial charge is 0.389 e. The molecule has 0 aromatic heterocycles. The second-order valence-corrected chi connectivity index (χ2v) is 9.04. The Labute approximate surface area is 187 Å². The molecule has 2 heteroatoms. The van der Waals surface area contributed by atoms with Crippen LogP contribution in [0.4, 0.5) is 0 Å². The van der Waals surface area contributed by atoms with E-state index in [1.807, 2.05) is 13.1 Å². The van der Waals surface area contributed by atoms with Crippen molar-refractivity contribution in [2.75, 3.05) is 6.54 Å². The summed E-state index contributed by atoms with van der Waals surface area (Å²) >= 11 is 0. The van der Waals surface area contributed by atoms with Gasteiger partial charge in [-0.1, -0.05) is 77.8 Å². The Balaban J connectivity index is 6.30. The van der Waals surface area contributed by atoms with Gasteiger partial charge >= 0.3 is 0 Å². The molecule has 5 unspecified atom stereocenters. The minimum atomic E-state index is -0.0391. The smallest absolute Gasteiger partial charge is 0.0347 e. The lowest BCUT2D eigenvalue weighted by molar-refractivity contribution is 0.147. The summed E-state index contributed by atoms with van der Waals surface area (Å²) in [4.78, 5) is 4.45. The first-order valence-electron chi connectivity index (χ1n) is 11.4. The third-order valence-electron chi connectivity index (χ3n) is 6.60. The molecule has 0 aliphatic heterocycles. The van der Waals surface area contributed by atoms with E-state index in [1.54, 1.807) is 17.8 Å². The molecule has 0 aliphatic rings. The van der Waals surface area contributed by atoms with Crippen LogP contribution in [0.25, 0.3) is 0 Å². The third kappa shape index (κ3) is 8.02. The van der Waals surface area contributed by atoms with Crippen LogP contribution in [0.1, 0.15) is 68.7 Å². The van der Waals surface area contributed by atoms with Gasteiger partial charge in [-0.15, -0.1) is 6.42 Å². The van der Waals surface area contributed by atoms with Gasteiger partial charge < -0.3 is 5.32 Å². The van der Waals surface area contributed by atoms with Crippen LogP contribution in [0.5, 0.6) is 0 Å². The lowest BCUT2D eigenvalue weighted by Crippen LogP contribution is -2.43. The van der Waals surface area contributed by atoms with Gasteiger partial charge in [0.1, 0.15) is 0 Å². The van der Waals surface area contributed by atoms with Crippen molar-refractivity contribution in [2.45, 2.75) is 68.7 Å². The number of nitrogens with zero attached hydrogens (tertiary/aromatic N) is 1. The van der Waals surface area contributed by atoms with Crippen molar-refractivity contribution in [3.8, 4) is 12.3 Å². The maximum absolute atomic E-state index is 5.30. The lowest BCUT2D eigenvalue weighted by atomic mass is 9.60. The topological polar surface area (TPSA) is 24.4 Å². The molecule has 168 valence electrons. The summed E-state index contributed by atoms with van der Waals surface area (Å²) in [7, 11) is 0. The van der Waals surface area contributed by atoms with Gasteiger partial charge in [0.05, 0.1) is 0 Å². The van der Waals surface area contributed by atoms with Gasteiger partial charge in [-0.2, -0.15) is 0 Å². The van der Waals surface area contributed by atoms with Crippen molar-refractivity contribution < 1.29 is 0 Å². The van der Waals surface area contributed by atoms with Crippen LogP contribution < -0.4 is 5.32 Å². The molecule has 0 aliphatic carbocycles. The highest BCUT2D eigenvalue weighted by molar-refractivity contribution is 5.62. The molecule has 30 heavy (non-hydrogen) atoms. The minimum Gasteiger partial charge on any atom is -0.389 e. The standard InChI is InChI=1S/C28H46N2/c1-12-16-18-29-19-23(9)27(20-30-22(7)8)28(11,17-13-2)24(10)26(15-4)25(14-3)21(5)6/h1,13,15-19,21,23-25,27,30H,7,14,20H2,2-6,8-11H3/b17-13-,18-16-,26-15+,29-19?. The molecule has 0 bridgehead atoms. The second-order valence-electron chi connectivity index (χ2n) is 9.04. The van der Waals surface area contributed by atoms with E-state index in [0.717, 1.165) is 18.7 Å². The van der Waals surface area contributed by atoms with Crippen LogP contribution >= 0.6 is 0 Å². The lowest BCUT2D eigenvalue weighted by Gasteiger charge is -2.45. The molecule has 2 nitrogen and oxygen atoms in total. The number of rotatable bonds is 13. The van der Waals surface area contributed by atoms with Gasteiger partial charge in [-0.3, -0.25) is 4.99 Å². The first-order chi connectivity index (χ1) is 14.1. The van der Waals surface area contributed by atoms with E-state index in [-0.39, 0.29) is 11.3 Å². The molecule has 0 fully saturated rings. The minimum absolute atomic E-state index is 0.0391. The van der Waals surface area contributed by atoms with Gasteiger partial charge in [0.25, 0.3) is 0 Å². The van der Waals surface area contributed by atoms with E-state index < -0.39 is 0 Å². The Morgan fingerprint density at radius 3 is 2.30 bits per heavy atom. The molecular weight excluding hydrogens is 364 g/mol. The zero-order chi connectivity index (χ0) is 23.3. The molecule has 0 saturated carbocycles. The molecule has 0 radical (unpaired) electrons. The van der Waals surface area contributed by atoms with Gasteiger partial charge in [0.2, 0.25) is 0 Å². The summed E-state index contributed by atoms with van der Waals surface area (Å²) in [6, 6.07) is 0. The Morgan fingerprint density at radius 2 is 1.87 bits per heavy atom. The number of nitrogens with one attached hydrogen (secondary N) is 1. The summed E-state index contributed by atoms with van der Waals surface area (Å²) < 4.78 is 0. The zero-order valence-electron chi connectivity index (χ0n) is 21.0. The van der Waals surface area contributed by atoms with Crippen molar-refractivity contribution >= 4 is 6.21 Å². The molecule has 0 spiro atoms. The van der Waals surface area contributed by atoms with Gasteiger partial charge in [-0.25, -0.2) is 0 Å². The zero-order valence-corrected chi connectivity index (χ0v) is 21.0. The van der Waals surface area contributed by atoms with Crippen LogP contribution in [-0.4, -0.2) is 12.8 Å². The van der Waals surface area contributed by atoms with E-state index in [4.69, 9.17) is 6.42 Å². The van der Waals surface area contributed by atoms with E-state index in [0.29, 0.717) is 23.7 Å². The molecular formula is C28H46N2. The number of terminal acetylenes is 1. The van der Waals surface area contributed by atoms with Crippen molar-refractivity contribution in [3.63, 3.8) is 0 Å². The molecule has 0 rings (SSSR count). The van der Waals surface area contributed by atoms with Crippen molar-refractivity contribution in [1.29, 1.82) is 0 Å². The first-order valence-corrected chi connectivity index (χ1v) is 11.4. The van der Waals surface area contributed by atoms with Crippen molar-refractivity contribution in [1.82, 2.24) is 5.32 Å². The summed E-state index contributed by atoms with van der Waals surface area (Å²) in [5.74, 6) is 4.71. The number of hydrogen-bond donors (Lipinski definition) is 1. The SMILES string of the molecule is C#C/C=C\N=CC(C)C(CNC(=C)C)C(C)(/C=C\C)C(C)/C(=C\C)C(CC)C(C)C. The van der Waals surface area contributed by atoms with Gasteiger partial charge in [-0.05, 0) is 62.2 Å². The molecule has 5 atom stereocenters. The highest BCUT2D eigenvalue weighted by Gasteiger charge is 2.42. The third-order valence-corrected chi connectivity index (χ3v) is 6.60. The summed E-state index contributed by atoms with van der Waals surface area (Å²) in [6.07, 6.45) is 18.8. The normalized spacial score (nSPS) is 19.0. The fourth-order valence-corrected chi connectivity index (χ4v) is 4.82. The van der Waals surface area contributed by atoms with Gasteiger partial charge in [0.15, 0.2) is 0 Å². The molecule has 0 heterocycles. The Bertz CT molecular complexity index is 671. The predicted molar refractivity (Wildman–Crippen MR) is 136 cm³/mol. The first kappa shape index (κ1) is 28.0. The van der Waals surface area contributed by atoms with E-state index >= 15 is 0 Å². The van der Waals surface area contributed by atoms with E-state index in [2.05, 4.69) is 96.4 Å². The predicted octanol–water partition coefficient (Wildman–Crippen LogP) is 7.43. The van der Waals surface area contributed by atoms with Crippen LogP contribution in [0.15, 0.2) is 53.3 Å². The second kappa shape index (κ2) is 14.1. The Hall–Kier alpha value is -2.01. The van der Waals surface area contributed by atoms with Crippen LogP contribution in [0.3, 0.4) is 0 Å². The van der Waals surface area contributed by atoms with Gasteiger partial charge in [0, 0.05) is 30.7 Å². The summed E-state index contributed by atoms with van der Waals surface area (Å²) in [5, 5.41) is 3.51. The van der Waals surface area contributed by atoms with Crippen molar-refractivity contribution in [3.05, 3.63) is 48.4 Å². The maximum atomic E-state index is 5.30. The molecule has 0 aromatic rings. The van der Waals surface area contributed by atoms with E-state index in [9.17, 15) is 0 Å². The monoisotopic (exact) mass is 410 g/mol. The van der Waals surface area contributed by atoms with Crippen LogP contribution in [0, 0.1) is 47.3 Å².